The van der Waals surface area contributed by atoms with Crippen molar-refractivity contribution in [2.75, 3.05) is 10.8 Å². The summed E-state index contributed by atoms with van der Waals surface area (Å²) >= 11 is 0. The van der Waals surface area contributed by atoms with E-state index in [1.807, 2.05) is 61.5 Å². The number of hydrogen-bond acceptors (Lipinski definition) is 3. The minimum atomic E-state index is -3.64. The number of nitrogens with zero attached hydrogens (tertiary/aromatic N) is 1. The Morgan fingerprint density at radius 3 is 2.29 bits per heavy atom. The van der Waals surface area contributed by atoms with Crippen molar-refractivity contribution in [3.63, 3.8) is 0 Å². The third-order valence-electron chi connectivity index (χ3n) is 5.33. The van der Waals surface area contributed by atoms with Crippen LogP contribution in [-0.4, -0.2) is 21.1 Å². The van der Waals surface area contributed by atoms with Crippen LogP contribution in [0.25, 0.3) is 10.8 Å². The highest BCUT2D eigenvalue weighted by Crippen LogP contribution is 2.29. The number of rotatable bonds is 6. The molecule has 0 amide bonds. The Hall–Kier alpha value is -2.53. The smallest absolute Gasteiger partial charge is 0.264 e. The molecule has 146 valence electrons. The number of fused-ring (bicyclic) bond motifs is 1. The molecule has 0 unspecified atom stereocenters. The van der Waals surface area contributed by atoms with E-state index in [0.717, 1.165) is 29.4 Å². The van der Waals surface area contributed by atoms with Crippen molar-refractivity contribution in [3.05, 3.63) is 66.7 Å². The van der Waals surface area contributed by atoms with Crippen LogP contribution >= 0.6 is 0 Å². The summed E-state index contributed by atoms with van der Waals surface area (Å²) in [5.41, 5.74) is 0.648. The Morgan fingerprint density at radius 2 is 1.61 bits per heavy atom. The summed E-state index contributed by atoms with van der Waals surface area (Å²) in [6.07, 6.45) is 4.92. The van der Waals surface area contributed by atoms with Crippen molar-refractivity contribution in [2.24, 2.45) is 0 Å². The number of benzene rings is 3. The summed E-state index contributed by atoms with van der Waals surface area (Å²) in [7, 11) is -3.64. The maximum absolute atomic E-state index is 13.3. The molecule has 1 saturated carbocycles. The number of sulfonamides is 1. The van der Waals surface area contributed by atoms with E-state index in [2.05, 4.69) is 0 Å². The van der Waals surface area contributed by atoms with E-state index < -0.39 is 10.0 Å². The molecule has 5 heteroatoms. The van der Waals surface area contributed by atoms with Crippen molar-refractivity contribution in [2.45, 2.75) is 43.6 Å². The van der Waals surface area contributed by atoms with Gasteiger partial charge in [-0.15, -0.1) is 0 Å². The Balaban J connectivity index is 1.60. The molecule has 0 heterocycles. The second-order valence-corrected chi connectivity index (χ2v) is 9.06. The molecule has 1 aliphatic rings. The van der Waals surface area contributed by atoms with Gasteiger partial charge in [-0.05, 0) is 79.8 Å². The van der Waals surface area contributed by atoms with Gasteiger partial charge in [0, 0.05) is 6.54 Å². The molecule has 0 aliphatic heterocycles. The first-order valence-electron chi connectivity index (χ1n) is 9.86. The Labute approximate surface area is 166 Å². The van der Waals surface area contributed by atoms with Crippen LogP contribution in [0.15, 0.2) is 71.6 Å². The summed E-state index contributed by atoms with van der Waals surface area (Å²) in [5.74, 6) is 0.801. The molecule has 0 aromatic heterocycles. The zero-order valence-corrected chi connectivity index (χ0v) is 16.9. The summed E-state index contributed by atoms with van der Waals surface area (Å²) in [5, 5.41) is 1.94. The van der Waals surface area contributed by atoms with Crippen LogP contribution in [0.1, 0.15) is 32.6 Å². The summed E-state index contributed by atoms with van der Waals surface area (Å²) in [6.45, 7) is 2.21. The molecular formula is C23H25NO3S. The van der Waals surface area contributed by atoms with Crippen molar-refractivity contribution in [1.29, 1.82) is 0 Å². The molecule has 4 nitrogen and oxygen atoms in total. The zero-order valence-electron chi connectivity index (χ0n) is 16.0. The second-order valence-electron chi connectivity index (χ2n) is 7.20. The van der Waals surface area contributed by atoms with Crippen molar-refractivity contribution in [3.8, 4) is 5.75 Å². The summed E-state index contributed by atoms with van der Waals surface area (Å²) in [6, 6.07) is 20.4. The standard InChI is InChI=1S/C23H25NO3S/c1-2-24(20-12-14-22(15-13-20)27-21-9-5-6-10-21)28(25,26)23-16-11-18-7-3-4-8-19(18)17-23/h3-4,7-8,11-17,21H,2,5-6,9-10H2,1H3. The molecule has 0 atom stereocenters. The Kier molecular flexibility index (Phi) is 5.27. The predicted octanol–water partition coefficient (Wildman–Crippen LogP) is 5.38. The number of hydrogen-bond donors (Lipinski definition) is 0. The molecule has 0 spiro atoms. The minimum Gasteiger partial charge on any atom is -0.490 e. The van der Waals surface area contributed by atoms with Gasteiger partial charge in [0.2, 0.25) is 0 Å². The van der Waals surface area contributed by atoms with Crippen LogP contribution in [0.2, 0.25) is 0 Å². The number of ether oxygens (including phenoxy) is 1. The van der Waals surface area contributed by atoms with Gasteiger partial charge in [0.05, 0.1) is 16.7 Å². The van der Waals surface area contributed by atoms with Gasteiger partial charge in [0.15, 0.2) is 0 Å². The average Bonchev–Trinajstić information content (AvgIpc) is 3.22. The van der Waals surface area contributed by atoms with Gasteiger partial charge >= 0.3 is 0 Å². The lowest BCUT2D eigenvalue weighted by Gasteiger charge is -2.23. The molecule has 1 fully saturated rings. The molecule has 4 rings (SSSR count). The fraction of sp³-hybridized carbons (Fsp3) is 0.304. The van der Waals surface area contributed by atoms with Crippen molar-refractivity contribution >= 4 is 26.5 Å². The van der Waals surface area contributed by atoms with E-state index in [1.165, 1.54) is 17.1 Å². The van der Waals surface area contributed by atoms with Crippen LogP contribution in [0.3, 0.4) is 0 Å². The first kappa shape index (κ1) is 18.8. The third-order valence-corrected chi connectivity index (χ3v) is 7.22. The van der Waals surface area contributed by atoms with Crippen molar-refractivity contribution < 1.29 is 13.2 Å². The van der Waals surface area contributed by atoms with Crippen LogP contribution in [0.4, 0.5) is 5.69 Å². The van der Waals surface area contributed by atoms with Crippen LogP contribution in [0, 0.1) is 0 Å². The highest BCUT2D eigenvalue weighted by molar-refractivity contribution is 7.92. The van der Waals surface area contributed by atoms with E-state index in [9.17, 15) is 8.42 Å². The SMILES string of the molecule is CCN(c1ccc(OC2CCCC2)cc1)S(=O)(=O)c1ccc2ccccc2c1. The van der Waals surface area contributed by atoms with Gasteiger partial charge in [0.1, 0.15) is 5.75 Å². The van der Waals surface area contributed by atoms with E-state index >= 15 is 0 Å². The largest absolute Gasteiger partial charge is 0.490 e. The molecule has 3 aromatic carbocycles. The zero-order chi connectivity index (χ0) is 19.6. The fourth-order valence-corrected chi connectivity index (χ4v) is 5.35. The average molecular weight is 396 g/mol. The van der Waals surface area contributed by atoms with Gasteiger partial charge in [-0.2, -0.15) is 0 Å². The highest BCUT2D eigenvalue weighted by atomic mass is 32.2. The second kappa shape index (κ2) is 7.84. The van der Waals surface area contributed by atoms with Crippen LogP contribution < -0.4 is 9.04 Å². The quantitative estimate of drug-likeness (QED) is 0.563. The normalized spacial score (nSPS) is 15.0. The fourth-order valence-electron chi connectivity index (χ4n) is 3.84. The lowest BCUT2D eigenvalue weighted by Crippen LogP contribution is -2.30. The van der Waals surface area contributed by atoms with Gasteiger partial charge in [0.25, 0.3) is 10.0 Å². The molecule has 1 aliphatic carbocycles. The van der Waals surface area contributed by atoms with Gasteiger partial charge in [-0.25, -0.2) is 8.42 Å². The van der Waals surface area contributed by atoms with Gasteiger partial charge in [-0.1, -0.05) is 30.3 Å². The molecular weight excluding hydrogens is 370 g/mol. The lowest BCUT2D eigenvalue weighted by atomic mass is 10.1. The summed E-state index contributed by atoms with van der Waals surface area (Å²) in [4.78, 5) is 0.305. The van der Waals surface area contributed by atoms with Crippen LogP contribution in [0.5, 0.6) is 5.75 Å². The summed E-state index contributed by atoms with van der Waals surface area (Å²) < 4.78 is 34.0. The maximum Gasteiger partial charge on any atom is 0.264 e. The lowest BCUT2D eigenvalue weighted by molar-refractivity contribution is 0.210. The number of anilines is 1. The molecule has 0 N–H and O–H groups in total. The molecule has 28 heavy (non-hydrogen) atoms. The van der Waals surface area contributed by atoms with Gasteiger partial charge in [-0.3, -0.25) is 4.31 Å². The Morgan fingerprint density at radius 1 is 0.929 bits per heavy atom. The predicted molar refractivity (Wildman–Crippen MR) is 113 cm³/mol. The molecule has 0 radical (unpaired) electrons. The highest BCUT2D eigenvalue weighted by Gasteiger charge is 2.24. The molecule has 3 aromatic rings. The molecule has 0 saturated heterocycles. The van der Waals surface area contributed by atoms with Crippen molar-refractivity contribution in [1.82, 2.24) is 0 Å². The van der Waals surface area contributed by atoms with E-state index in [4.69, 9.17) is 4.74 Å². The maximum atomic E-state index is 13.3. The first-order chi connectivity index (χ1) is 13.6. The first-order valence-corrected chi connectivity index (χ1v) is 11.3. The van der Waals surface area contributed by atoms with Crippen LogP contribution in [-0.2, 0) is 10.0 Å². The van der Waals surface area contributed by atoms with Gasteiger partial charge < -0.3 is 4.74 Å². The molecule has 0 bridgehead atoms. The topological polar surface area (TPSA) is 46.6 Å². The van der Waals surface area contributed by atoms with E-state index in [0.29, 0.717) is 17.1 Å². The Bertz CT molecular complexity index is 1050. The monoisotopic (exact) mass is 395 g/mol. The van der Waals surface area contributed by atoms with E-state index in [-0.39, 0.29) is 6.10 Å². The van der Waals surface area contributed by atoms with E-state index in [1.54, 1.807) is 12.1 Å². The third kappa shape index (κ3) is 3.72. The minimum absolute atomic E-state index is 0.287.